The van der Waals surface area contributed by atoms with Gasteiger partial charge in [-0.05, 0) is 44.9 Å². The lowest BCUT2D eigenvalue weighted by atomic mass is 10.0. The van der Waals surface area contributed by atoms with Crippen molar-refractivity contribution in [2.24, 2.45) is 5.73 Å². The Balaban J connectivity index is 2.28. The summed E-state index contributed by atoms with van der Waals surface area (Å²) in [6, 6.07) is 7.13. The van der Waals surface area contributed by atoms with Crippen LogP contribution in [0.5, 0.6) is 0 Å². The summed E-state index contributed by atoms with van der Waals surface area (Å²) < 4.78 is 27.0. The molecule has 1 saturated heterocycles. The zero-order valence-electron chi connectivity index (χ0n) is 11.4. The number of benzene rings is 1. The van der Waals surface area contributed by atoms with Gasteiger partial charge in [0.15, 0.2) is 0 Å². The van der Waals surface area contributed by atoms with Gasteiger partial charge in [-0.1, -0.05) is 24.1 Å². The maximum Gasteiger partial charge on any atom is 0.243 e. The van der Waals surface area contributed by atoms with Gasteiger partial charge in [-0.2, -0.15) is 4.31 Å². The minimum atomic E-state index is -3.37. The topological polar surface area (TPSA) is 63.4 Å². The molecule has 19 heavy (non-hydrogen) atoms. The third-order valence-corrected chi connectivity index (χ3v) is 5.67. The maximum absolute atomic E-state index is 12.7. The smallest absolute Gasteiger partial charge is 0.243 e. The van der Waals surface area contributed by atoms with E-state index in [-0.39, 0.29) is 6.04 Å². The third kappa shape index (κ3) is 3.16. The fourth-order valence-electron chi connectivity index (χ4n) is 2.62. The highest BCUT2D eigenvalue weighted by atomic mass is 32.2. The van der Waals surface area contributed by atoms with E-state index in [0.29, 0.717) is 18.0 Å². The van der Waals surface area contributed by atoms with Crippen LogP contribution < -0.4 is 5.73 Å². The van der Waals surface area contributed by atoms with E-state index < -0.39 is 10.0 Å². The number of nitrogens with zero attached hydrogens (tertiary/aromatic N) is 1. The second-order valence-electron chi connectivity index (χ2n) is 5.16. The molecule has 0 aromatic heterocycles. The van der Waals surface area contributed by atoms with Crippen molar-refractivity contribution >= 4 is 10.0 Å². The normalized spacial score (nSPS) is 21.5. The molecule has 1 aliphatic heterocycles. The van der Waals surface area contributed by atoms with Gasteiger partial charge in [0, 0.05) is 12.6 Å². The first-order valence-corrected chi connectivity index (χ1v) is 8.28. The van der Waals surface area contributed by atoms with Gasteiger partial charge in [0.2, 0.25) is 10.0 Å². The molecule has 2 rings (SSSR count). The van der Waals surface area contributed by atoms with Crippen molar-refractivity contribution < 1.29 is 8.42 Å². The number of aryl methyl sites for hydroxylation is 1. The van der Waals surface area contributed by atoms with Crippen LogP contribution in [-0.4, -0.2) is 31.9 Å². The molecule has 2 N–H and O–H groups in total. The molecule has 5 heteroatoms. The van der Waals surface area contributed by atoms with Crippen molar-refractivity contribution in [2.75, 3.05) is 13.1 Å². The minimum Gasteiger partial charge on any atom is -0.330 e. The van der Waals surface area contributed by atoms with Crippen molar-refractivity contribution in [3.63, 3.8) is 0 Å². The molecule has 106 valence electrons. The molecule has 0 aliphatic carbocycles. The van der Waals surface area contributed by atoms with Crippen molar-refractivity contribution in [2.45, 2.75) is 43.5 Å². The number of hydrogen-bond acceptors (Lipinski definition) is 3. The molecule has 1 aromatic carbocycles. The summed E-state index contributed by atoms with van der Waals surface area (Å²) in [6.07, 6.45) is 3.68. The first-order valence-electron chi connectivity index (χ1n) is 6.84. The average Bonchev–Trinajstić information content (AvgIpc) is 2.40. The molecular formula is C14H22N2O2S. The lowest BCUT2D eigenvalue weighted by molar-refractivity contribution is 0.243. The van der Waals surface area contributed by atoms with E-state index in [1.165, 1.54) is 0 Å². The highest BCUT2D eigenvalue weighted by Gasteiger charge is 2.32. The van der Waals surface area contributed by atoms with Crippen LogP contribution in [0.4, 0.5) is 0 Å². The molecule has 4 nitrogen and oxygen atoms in total. The van der Waals surface area contributed by atoms with Crippen molar-refractivity contribution in [3.05, 3.63) is 29.8 Å². The van der Waals surface area contributed by atoms with E-state index in [0.717, 1.165) is 31.2 Å². The SMILES string of the molecule is Cc1ccc(S(=O)(=O)N2CCCC[C@H]2CCN)cc1. The molecule has 1 fully saturated rings. The molecule has 0 amide bonds. The molecule has 0 unspecified atom stereocenters. The van der Waals surface area contributed by atoms with Crippen LogP contribution >= 0.6 is 0 Å². The van der Waals surface area contributed by atoms with Gasteiger partial charge < -0.3 is 5.73 Å². The molecule has 1 heterocycles. The Morgan fingerprint density at radius 3 is 2.58 bits per heavy atom. The zero-order valence-corrected chi connectivity index (χ0v) is 12.2. The summed E-state index contributed by atoms with van der Waals surface area (Å²) in [7, 11) is -3.37. The van der Waals surface area contributed by atoms with E-state index in [2.05, 4.69) is 0 Å². The van der Waals surface area contributed by atoms with Crippen LogP contribution in [0.1, 0.15) is 31.2 Å². The van der Waals surface area contributed by atoms with Crippen molar-refractivity contribution in [1.29, 1.82) is 0 Å². The van der Waals surface area contributed by atoms with Gasteiger partial charge >= 0.3 is 0 Å². The van der Waals surface area contributed by atoms with Gasteiger partial charge in [0.25, 0.3) is 0 Å². The molecular weight excluding hydrogens is 260 g/mol. The van der Waals surface area contributed by atoms with Gasteiger partial charge in [-0.15, -0.1) is 0 Å². The molecule has 0 bridgehead atoms. The van der Waals surface area contributed by atoms with Crippen LogP contribution in [0, 0.1) is 6.92 Å². The maximum atomic E-state index is 12.7. The standard InChI is InChI=1S/C14H22N2O2S/c1-12-5-7-14(8-6-12)19(17,18)16-11-3-2-4-13(16)9-10-15/h5-8,13H,2-4,9-11,15H2,1H3/t13-/m0/s1. The first kappa shape index (κ1) is 14.5. The highest BCUT2D eigenvalue weighted by molar-refractivity contribution is 7.89. The van der Waals surface area contributed by atoms with Gasteiger partial charge in [-0.3, -0.25) is 0 Å². The second kappa shape index (κ2) is 6.03. The number of nitrogens with two attached hydrogens (primary N) is 1. The highest BCUT2D eigenvalue weighted by Crippen LogP contribution is 2.26. The Morgan fingerprint density at radius 2 is 1.95 bits per heavy atom. The minimum absolute atomic E-state index is 0.0602. The number of sulfonamides is 1. The Kier molecular flexibility index (Phi) is 4.60. The van der Waals surface area contributed by atoms with E-state index in [1.54, 1.807) is 16.4 Å². The number of hydrogen-bond donors (Lipinski definition) is 1. The average molecular weight is 282 g/mol. The van der Waals surface area contributed by atoms with Crippen LogP contribution in [0.15, 0.2) is 29.2 Å². The molecule has 0 saturated carbocycles. The lowest BCUT2D eigenvalue weighted by Gasteiger charge is -2.34. The van der Waals surface area contributed by atoms with Crippen LogP contribution in [0.3, 0.4) is 0 Å². The van der Waals surface area contributed by atoms with Gasteiger partial charge in [0.05, 0.1) is 4.90 Å². The second-order valence-corrected chi connectivity index (χ2v) is 7.05. The van der Waals surface area contributed by atoms with E-state index >= 15 is 0 Å². The van der Waals surface area contributed by atoms with E-state index in [9.17, 15) is 8.42 Å². The quantitative estimate of drug-likeness (QED) is 0.917. The van der Waals surface area contributed by atoms with Crippen LogP contribution in [-0.2, 0) is 10.0 Å². The summed E-state index contributed by atoms with van der Waals surface area (Å²) in [5.74, 6) is 0. The lowest BCUT2D eigenvalue weighted by Crippen LogP contribution is -2.44. The Hall–Kier alpha value is -0.910. The fraction of sp³-hybridized carbons (Fsp3) is 0.571. The molecule has 0 spiro atoms. The predicted octanol–water partition coefficient (Wildman–Crippen LogP) is 1.89. The summed E-state index contributed by atoms with van der Waals surface area (Å²) >= 11 is 0. The molecule has 0 radical (unpaired) electrons. The number of rotatable bonds is 4. The van der Waals surface area contributed by atoms with Crippen molar-refractivity contribution in [1.82, 2.24) is 4.31 Å². The fourth-order valence-corrected chi connectivity index (χ4v) is 4.34. The van der Waals surface area contributed by atoms with Gasteiger partial charge in [0.1, 0.15) is 0 Å². The first-order chi connectivity index (χ1) is 9.05. The summed E-state index contributed by atoms with van der Waals surface area (Å²) in [5.41, 5.74) is 6.67. The summed E-state index contributed by atoms with van der Waals surface area (Å²) in [5, 5.41) is 0. The van der Waals surface area contributed by atoms with E-state index in [4.69, 9.17) is 5.73 Å². The van der Waals surface area contributed by atoms with Gasteiger partial charge in [-0.25, -0.2) is 8.42 Å². The third-order valence-electron chi connectivity index (χ3n) is 3.70. The van der Waals surface area contributed by atoms with E-state index in [1.807, 2.05) is 19.1 Å². The summed E-state index contributed by atoms with van der Waals surface area (Å²) in [4.78, 5) is 0.391. The predicted molar refractivity (Wildman–Crippen MR) is 76.4 cm³/mol. The molecule has 1 aliphatic rings. The molecule has 1 aromatic rings. The zero-order chi connectivity index (χ0) is 13.9. The number of piperidine rings is 1. The summed E-state index contributed by atoms with van der Waals surface area (Å²) in [6.45, 7) is 3.10. The Morgan fingerprint density at radius 1 is 1.26 bits per heavy atom. The monoisotopic (exact) mass is 282 g/mol. The van der Waals surface area contributed by atoms with Crippen LogP contribution in [0.2, 0.25) is 0 Å². The Labute approximate surface area is 115 Å². The van der Waals surface area contributed by atoms with Crippen molar-refractivity contribution in [3.8, 4) is 0 Å². The van der Waals surface area contributed by atoms with Crippen LogP contribution in [0.25, 0.3) is 0 Å². The largest absolute Gasteiger partial charge is 0.330 e. The molecule has 1 atom stereocenters. The Bertz CT molecular complexity index is 509.